The maximum Gasteiger partial charge on any atom is 0.420 e. The molecule has 2 aromatic heterocycles. The lowest BCUT2D eigenvalue weighted by Gasteiger charge is -2.32. The highest BCUT2D eigenvalue weighted by atomic mass is 35.5. The maximum atomic E-state index is 13.4. The highest BCUT2D eigenvalue weighted by Crippen LogP contribution is 2.33. The number of piperidine rings is 1. The van der Waals surface area contributed by atoms with Gasteiger partial charge in [0.15, 0.2) is 5.65 Å². The fourth-order valence-electron chi connectivity index (χ4n) is 3.89. The van der Waals surface area contributed by atoms with Crippen LogP contribution in [0.3, 0.4) is 0 Å². The minimum atomic E-state index is -0.962. The SMILES string of the molecule is CC(C)(C)OC(=O)N(c1cccc(Cl)c1)c1cc(NC2CCCN(C(=O)O)C2)nc2c(Cl)cnn12. The molecule has 1 fully saturated rings. The fourth-order valence-corrected chi connectivity index (χ4v) is 4.24. The smallest absolute Gasteiger partial charge is 0.420 e. The van der Waals surface area contributed by atoms with Gasteiger partial charge in [-0.3, -0.25) is 0 Å². The van der Waals surface area contributed by atoms with Crippen molar-refractivity contribution in [3.05, 3.63) is 46.6 Å². The van der Waals surface area contributed by atoms with Gasteiger partial charge in [-0.05, 0) is 51.8 Å². The first-order valence-electron chi connectivity index (χ1n) is 11.1. The average Bonchev–Trinajstić information content (AvgIpc) is 3.14. The Morgan fingerprint density at radius 2 is 2.03 bits per heavy atom. The summed E-state index contributed by atoms with van der Waals surface area (Å²) in [5.41, 5.74) is 0.0327. The highest BCUT2D eigenvalue weighted by Gasteiger charge is 2.29. The third-order valence-electron chi connectivity index (χ3n) is 5.33. The highest BCUT2D eigenvalue weighted by molar-refractivity contribution is 6.33. The number of nitrogens with one attached hydrogen (secondary N) is 1. The molecule has 3 aromatic rings. The zero-order chi connectivity index (χ0) is 25.3. The van der Waals surface area contributed by atoms with E-state index in [1.807, 2.05) is 0 Å². The summed E-state index contributed by atoms with van der Waals surface area (Å²) in [5, 5.41) is 17.7. The second-order valence-electron chi connectivity index (χ2n) is 9.24. The Morgan fingerprint density at radius 3 is 2.71 bits per heavy atom. The molecular weight excluding hydrogens is 495 g/mol. The van der Waals surface area contributed by atoms with Gasteiger partial charge >= 0.3 is 12.2 Å². The van der Waals surface area contributed by atoms with Crippen molar-refractivity contribution in [1.82, 2.24) is 19.5 Å². The van der Waals surface area contributed by atoms with Crippen LogP contribution >= 0.6 is 23.2 Å². The van der Waals surface area contributed by atoms with Gasteiger partial charge in [0.1, 0.15) is 22.3 Å². The first-order valence-corrected chi connectivity index (χ1v) is 11.8. The molecule has 0 aliphatic carbocycles. The molecule has 1 aliphatic rings. The lowest BCUT2D eigenvalue weighted by atomic mass is 10.1. The third-order valence-corrected chi connectivity index (χ3v) is 5.83. The van der Waals surface area contributed by atoms with Gasteiger partial charge in [-0.2, -0.15) is 9.61 Å². The molecule has 0 saturated carbocycles. The lowest BCUT2D eigenvalue weighted by Crippen LogP contribution is -2.44. The van der Waals surface area contributed by atoms with Gasteiger partial charge < -0.3 is 20.1 Å². The molecule has 4 rings (SSSR count). The Hall–Kier alpha value is -3.24. The molecule has 2 amide bonds. The molecule has 0 bridgehead atoms. The molecule has 1 aliphatic heterocycles. The number of halogens is 2. The van der Waals surface area contributed by atoms with E-state index in [1.165, 1.54) is 20.5 Å². The van der Waals surface area contributed by atoms with Crippen molar-refractivity contribution < 1.29 is 19.4 Å². The van der Waals surface area contributed by atoms with Crippen LogP contribution < -0.4 is 10.2 Å². The molecule has 1 saturated heterocycles. The molecular formula is C23H26Cl2N6O4. The summed E-state index contributed by atoms with van der Waals surface area (Å²) in [7, 11) is 0. The second kappa shape index (κ2) is 9.79. The normalized spacial score (nSPS) is 16.3. The van der Waals surface area contributed by atoms with Crippen LogP contribution in [0.25, 0.3) is 5.65 Å². The summed E-state index contributed by atoms with van der Waals surface area (Å²) in [6.07, 6.45) is 1.33. The monoisotopic (exact) mass is 520 g/mol. The Balaban J connectivity index is 1.80. The number of benzene rings is 1. The van der Waals surface area contributed by atoms with Crippen molar-refractivity contribution in [2.75, 3.05) is 23.3 Å². The van der Waals surface area contributed by atoms with Crippen molar-refractivity contribution >= 4 is 58.4 Å². The van der Waals surface area contributed by atoms with Gasteiger partial charge in [0.2, 0.25) is 0 Å². The van der Waals surface area contributed by atoms with Crippen molar-refractivity contribution in [3.63, 3.8) is 0 Å². The van der Waals surface area contributed by atoms with Gasteiger partial charge in [-0.15, -0.1) is 0 Å². The van der Waals surface area contributed by atoms with Crippen LogP contribution in [0.5, 0.6) is 0 Å². The van der Waals surface area contributed by atoms with Crippen molar-refractivity contribution in [2.45, 2.75) is 45.3 Å². The molecule has 1 aromatic carbocycles. The van der Waals surface area contributed by atoms with Crippen LogP contribution in [-0.4, -0.2) is 61.5 Å². The number of nitrogens with zero attached hydrogens (tertiary/aromatic N) is 5. The number of rotatable bonds is 4. The molecule has 186 valence electrons. The maximum absolute atomic E-state index is 13.4. The number of anilines is 3. The second-order valence-corrected chi connectivity index (χ2v) is 10.1. The summed E-state index contributed by atoms with van der Waals surface area (Å²) in [4.78, 5) is 32.1. The molecule has 12 heteroatoms. The van der Waals surface area contributed by atoms with Crippen LogP contribution in [0.2, 0.25) is 10.0 Å². The Labute approximate surface area is 212 Å². The number of aromatic nitrogens is 3. The summed E-state index contributed by atoms with van der Waals surface area (Å²) in [6.45, 7) is 6.13. The Kier molecular flexibility index (Phi) is 6.95. The van der Waals surface area contributed by atoms with Crippen LogP contribution in [0.4, 0.5) is 26.9 Å². The van der Waals surface area contributed by atoms with E-state index in [4.69, 9.17) is 27.9 Å². The van der Waals surface area contributed by atoms with Gasteiger partial charge in [-0.25, -0.2) is 19.5 Å². The molecule has 3 heterocycles. The van der Waals surface area contributed by atoms with Crippen LogP contribution in [0.1, 0.15) is 33.6 Å². The Bertz CT molecular complexity index is 1260. The third kappa shape index (κ3) is 5.71. The molecule has 1 unspecified atom stereocenters. The zero-order valence-electron chi connectivity index (χ0n) is 19.5. The molecule has 1 atom stereocenters. The molecule has 0 spiro atoms. The predicted octanol–water partition coefficient (Wildman–Crippen LogP) is 5.66. The first kappa shape index (κ1) is 24.9. The number of carboxylic acid groups (broad SMARTS) is 1. The van der Waals surface area contributed by atoms with Gasteiger partial charge in [0.25, 0.3) is 0 Å². The summed E-state index contributed by atoms with van der Waals surface area (Å²) in [6, 6.07) is 8.29. The zero-order valence-corrected chi connectivity index (χ0v) is 21.0. The number of amides is 2. The predicted molar refractivity (Wildman–Crippen MR) is 134 cm³/mol. The van der Waals surface area contributed by atoms with E-state index in [9.17, 15) is 14.7 Å². The van der Waals surface area contributed by atoms with Gasteiger partial charge in [-0.1, -0.05) is 29.3 Å². The molecule has 0 radical (unpaired) electrons. The summed E-state index contributed by atoms with van der Waals surface area (Å²) in [5.74, 6) is 0.745. The van der Waals surface area contributed by atoms with Gasteiger partial charge in [0.05, 0.1) is 11.9 Å². The van der Waals surface area contributed by atoms with Crippen molar-refractivity contribution in [3.8, 4) is 0 Å². The number of ether oxygens (including phenoxy) is 1. The van der Waals surface area contributed by atoms with E-state index >= 15 is 0 Å². The van der Waals surface area contributed by atoms with E-state index in [0.717, 1.165) is 12.8 Å². The lowest BCUT2D eigenvalue weighted by molar-refractivity contribution is 0.0597. The number of likely N-dealkylation sites (tertiary alicyclic amines) is 1. The molecule has 35 heavy (non-hydrogen) atoms. The first-order chi connectivity index (χ1) is 16.5. The van der Waals surface area contributed by atoms with E-state index in [-0.39, 0.29) is 6.04 Å². The van der Waals surface area contributed by atoms with Gasteiger partial charge in [0, 0.05) is 30.2 Å². The number of hydrogen-bond acceptors (Lipinski definition) is 6. The number of carbonyl (C=O) groups is 2. The number of hydrogen-bond donors (Lipinski definition) is 2. The summed E-state index contributed by atoms with van der Waals surface area (Å²) < 4.78 is 7.14. The molecule has 10 nitrogen and oxygen atoms in total. The van der Waals surface area contributed by atoms with E-state index in [2.05, 4.69) is 15.4 Å². The van der Waals surface area contributed by atoms with Crippen LogP contribution in [-0.2, 0) is 4.74 Å². The topological polar surface area (TPSA) is 112 Å². The minimum absolute atomic E-state index is 0.162. The van der Waals surface area contributed by atoms with Crippen molar-refractivity contribution in [2.24, 2.45) is 0 Å². The Morgan fingerprint density at radius 1 is 1.26 bits per heavy atom. The van der Waals surface area contributed by atoms with E-state index < -0.39 is 17.8 Å². The van der Waals surface area contributed by atoms with E-state index in [0.29, 0.717) is 46.1 Å². The van der Waals surface area contributed by atoms with Crippen molar-refractivity contribution in [1.29, 1.82) is 0 Å². The fraction of sp³-hybridized carbons (Fsp3) is 0.391. The quantitative estimate of drug-likeness (QED) is 0.455. The minimum Gasteiger partial charge on any atom is -0.465 e. The summed E-state index contributed by atoms with van der Waals surface area (Å²) >= 11 is 12.6. The average molecular weight is 521 g/mol. The number of carbonyl (C=O) groups excluding carboxylic acids is 1. The van der Waals surface area contributed by atoms with E-state index in [1.54, 1.807) is 51.1 Å². The standard InChI is InChI=1S/C23H26Cl2N6O4/c1-23(2,3)35-22(34)30(16-8-4-6-14(24)10-16)19-11-18(28-20-17(25)12-26-31(19)20)27-15-7-5-9-29(13-15)21(32)33/h4,6,8,10-12,15H,5,7,9,13H2,1-3H3,(H,27,28)(H,32,33). The number of fused-ring (bicyclic) bond motifs is 1. The largest absolute Gasteiger partial charge is 0.465 e. The van der Waals surface area contributed by atoms with Crippen LogP contribution in [0, 0.1) is 0 Å². The van der Waals surface area contributed by atoms with Crippen LogP contribution in [0.15, 0.2) is 36.5 Å². The molecule has 2 N–H and O–H groups in total.